The van der Waals surface area contributed by atoms with E-state index in [1.807, 2.05) is 6.07 Å². The molecule has 76 valence electrons. The molecule has 0 heterocycles. The molecule has 1 rings (SSSR count). The molecule has 1 aromatic rings. The first-order valence-electron chi connectivity index (χ1n) is 3.93. The Hall–Kier alpha value is -0.510. The third kappa shape index (κ3) is 3.33. The molecule has 0 spiro atoms. The molecule has 0 unspecified atom stereocenters. The topological polar surface area (TPSA) is 18.5 Å². The highest BCUT2D eigenvalue weighted by atomic mass is 79.9. The Labute approximate surface area is 96.6 Å². The van der Waals surface area contributed by atoms with Gasteiger partial charge in [-0.25, -0.2) is 0 Å². The van der Waals surface area contributed by atoms with Gasteiger partial charge in [-0.15, -0.1) is 0 Å². The van der Waals surface area contributed by atoms with Crippen molar-refractivity contribution in [2.24, 2.45) is 0 Å². The summed E-state index contributed by atoms with van der Waals surface area (Å²) in [5.74, 6) is 1.09. The summed E-state index contributed by atoms with van der Waals surface area (Å²) < 4.78 is 11.2. The molecule has 0 aliphatic rings. The predicted molar refractivity (Wildman–Crippen MR) is 60.8 cm³/mol. The maximum atomic E-state index is 5.91. The maximum absolute atomic E-state index is 5.91. The zero-order valence-electron chi connectivity index (χ0n) is 7.72. The van der Waals surface area contributed by atoms with Crippen LogP contribution >= 0.6 is 27.5 Å². The van der Waals surface area contributed by atoms with Gasteiger partial charge in [-0.2, -0.15) is 0 Å². The summed E-state index contributed by atoms with van der Waals surface area (Å²) in [6.07, 6.45) is 0. The van der Waals surface area contributed by atoms with E-state index in [4.69, 9.17) is 21.1 Å². The fourth-order valence-corrected chi connectivity index (χ4v) is 1.40. The van der Waals surface area contributed by atoms with Gasteiger partial charge in [-0.1, -0.05) is 34.1 Å². The van der Waals surface area contributed by atoms with Gasteiger partial charge in [0.05, 0.1) is 5.02 Å². The first kappa shape index (κ1) is 11.6. The number of benzene rings is 1. The van der Waals surface area contributed by atoms with Gasteiger partial charge in [0.15, 0.2) is 0 Å². The Bertz CT molecular complexity index is 339. The van der Waals surface area contributed by atoms with E-state index in [-0.39, 0.29) is 0 Å². The maximum Gasteiger partial charge on any atom is 0.146 e. The van der Waals surface area contributed by atoms with E-state index in [2.05, 4.69) is 22.5 Å². The summed E-state index contributed by atoms with van der Waals surface area (Å²) in [6, 6.07) is 5.37. The van der Waals surface area contributed by atoms with Gasteiger partial charge in [0.2, 0.25) is 0 Å². The lowest BCUT2D eigenvalue weighted by atomic mass is 10.3. The van der Waals surface area contributed by atoms with E-state index >= 15 is 0 Å². The molecule has 1 aromatic carbocycles. The molecule has 4 heteroatoms. The molecule has 0 aromatic heterocycles. The first-order valence-corrected chi connectivity index (χ1v) is 5.10. The quantitative estimate of drug-likeness (QED) is 0.782. The molecule has 14 heavy (non-hydrogen) atoms. The van der Waals surface area contributed by atoms with Crippen LogP contribution in [0, 0.1) is 0 Å². The van der Waals surface area contributed by atoms with E-state index in [0.29, 0.717) is 23.1 Å². The third-order valence-corrected chi connectivity index (χ3v) is 2.26. The summed E-state index contributed by atoms with van der Waals surface area (Å²) in [5, 5.41) is 0.547. The van der Waals surface area contributed by atoms with E-state index in [9.17, 15) is 0 Å². The van der Waals surface area contributed by atoms with Gasteiger partial charge < -0.3 is 9.47 Å². The van der Waals surface area contributed by atoms with Gasteiger partial charge in [0.25, 0.3) is 0 Å². The number of hydrogen-bond acceptors (Lipinski definition) is 2. The molecule has 0 fully saturated rings. The summed E-state index contributed by atoms with van der Waals surface area (Å²) in [7, 11) is 1.58. The fraction of sp³-hybridized carbons (Fsp3) is 0.200. The number of methoxy groups -OCH3 is 1. The second kappa shape index (κ2) is 5.39. The fourth-order valence-electron chi connectivity index (χ4n) is 0.901. The van der Waals surface area contributed by atoms with Gasteiger partial charge in [0.1, 0.15) is 18.1 Å². The van der Waals surface area contributed by atoms with Crippen LogP contribution < -0.4 is 4.74 Å². The van der Waals surface area contributed by atoms with Gasteiger partial charge in [-0.05, 0) is 18.2 Å². The van der Waals surface area contributed by atoms with Crippen LogP contribution in [0.1, 0.15) is 0 Å². The van der Waals surface area contributed by atoms with Crippen molar-refractivity contribution in [3.05, 3.63) is 40.0 Å². The average Bonchev–Trinajstić information content (AvgIpc) is 2.12. The molecule has 0 saturated heterocycles. The Kier molecular flexibility index (Phi) is 4.45. The van der Waals surface area contributed by atoms with Crippen LogP contribution in [0.25, 0.3) is 0 Å². The number of halogens is 2. The predicted octanol–water partition coefficient (Wildman–Crippen LogP) is 3.64. The van der Waals surface area contributed by atoms with Gasteiger partial charge >= 0.3 is 0 Å². The summed E-state index contributed by atoms with van der Waals surface area (Å²) in [5.41, 5.74) is 0. The highest BCUT2D eigenvalue weighted by Gasteiger charge is 2.04. The van der Waals surface area contributed by atoms with E-state index in [0.717, 1.165) is 4.47 Å². The summed E-state index contributed by atoms with van der Waals surface area (Å²) in [6.45, 7) is 4.04. The Morgan fingerprint density at radius 2 is 2.29 bits per heavy atom. The van der Waals surface area contributed by atoms with Crippen LogP contribution in [-0.2, 0) is 4.74 Å². The molecule has 0 saturated carbocycles. The van der Waals surface area contributed by atoms with Crippen molar-refractivity contribution >= 4 is 27.5 Å². The van der Waals surface area contributed by atoms with Crippen molar-refractivity contribution in [3.63, 3.8) is 0 Å². The molecule has 2 nitrogen and oxygen atoms in total. The van der Waals surface area contributed by atoms with Crippen molar-refractivity contribution < 1.29 is 9.47 Å². The minimum atomic E-state index is 0.350. The largest absolute Gasteiger partial charge is 0.458 e. The number of ether oxygens (including phenoxy) is 2. The van der Waals surface area contributed by atoms with Gasteiger partial charge in [-0.3, -0.25) is 0 Å². The zero-order chi connectivity index (χ0) is 10.6. The molecule has 0 radical (unpaired) electrons. The Morgan fingerprint density at radius 3 is 2.93 bits per heavy atom. The molecule has 0 atom stereocenters. The molecule has 0 N–H and O–H groups in total. The van der Waals surface area contributed by atoms with Crippen molar-refractivity contribution in [1.29, 1.82) is 0 Å². The van der Waals surface area contributed by atoms with Gasteiger partial charge in [0, 0.05) is 11.6 Å². The van der Waals surface area contributed by atoms with Crippen LogP contribution in [0.5, 0.6) is 5.75 Å². The van der Waals surface area contributed by atoms with Crippen LogP contribution in [-0.4, -0.2) is 13.7 Å². The molecular formula is C10H10BrClO2. The van der Waals surface area contributed by atoms with Crippen LogP contribution in [0.2, 0.25) is 5.02 Å². The lowest BCUT2D eigenvalue weighted by Crippen LogP contribution is -2.01. The zero-order valence-corrected chi connectivity index (χ0v) is 10.1. The monoisotopic (exact) mass is 276 g/mol. The molecular weight excluding hydrogens is 267 g/mol. The van der Waals surface area contributed by atoms with Crippen molar-refractivity contribution in [3.8, 4) is 5.75 Å². The summed E-state index contributed by atoms with van der Waals surface area (Å²) >= 11 is 9.24. The van der Waals surface area contributed by atoms with Crippen molar-refractivity contribution in [2.75, 3.05) is 13.7 Å². The number of rotatable bonds is 4. The van der Waals surface area contributed by atoms with Crippen LogP contribution in [0.4, 0.5) is 0 Å². The minimum absolute atomic E-state index is 0.350. The number of hydrogen-bond donors (Lipinski definition) is 0. The SMILES string of the molecule is C=C(COC)Oc1cc(Br)ccc1Cl. The van der Waals surface area contributed by atoms with Crippen molar-refractivity contribution in [2.45, 2.75) is 0 Å². The smallest absolute Gasteiger partial charge is 0.146 e. The second-order valence-corrected chi connectivity index (χ2v) is 3.97. The lowest BCUT2D eigenvalue weighted by molar-refractivity contribution is 0.190. The van der Waals surface area contributed by atoms with E-state index in [1.54, 1.807) is 19.2 Å². The van der Waals surface area contributed by atoms with Crippen molar-refractivity contribution in [1.82, 2.24) is 0 Å². The molecule has 0 amide bonds. The van der Waals surface area contributed by atoms with E-state index < -0.39 is 0 Å². The Balaban J connectivity index is 2.75. The molecule has 0 aliphatic heterocycles. The minimum Gasteiger partial charge on any atom is -0.458 e. The average molecular weight is 278 g/mol. The highest BCUT2D eigenvalue weighted by molar-refractivity contribution is 9.10. The third-order valence-electron chi connectivity index (χ3n) is 1.45. The molecule has 0 bridgehead atoms. The van der Waals surface area contributed by atoms with Crippen LogP contribution in [0.15, 0.2) is 35.0 Å². The normalized spacial score (nSPS) is 9.93. The standard InChI is InChI=1S/C10H10BrClO2/c1-7(6-13-2)14-10-5-8(11)3-4-9(10)12/h3-5H,1,6H2,2H3. The lowest BCUT2D eigenvalue weighted by Gasteiger charge is -2.09. The Morgan fingerprint density at radius 1 is 1.57 bits per heavy atom. The second-order valence-electron chi connectivity index (χ2n) is 2.65. The first-order chi connectivity index (χ1) is 6.63. The highest BCUT2D eigenvalue weighted by Crippen LogP contribution is 2.29. The van der Waals surface area contributed by atoms with E-state index in [1.165, 1.54) is 0 Å². The molecule has 0 aliphatic carbocycles. The van der Waals surface area contributed by atoms with Crippen LogP contribution in [0.3, 0.4) is 0 Å². The summed E-state index contributed by atoms with van der Waals surface area (Å²) in [4.78, 5) is 0.